The van der Waals surface area contributed by atoms with Gasteiger partial charge in [0.1, 0.15) is 12.3 Å². The molecule has 3 aliphatic rings. The number of amides is 4. The summed E-state index contributed by atoms with van der Waals surface area (Å²) in [6, 6.07) is 14.5. The summed E-state index contributed by atoms with van der Waals surface area (Å²) in [5.41, 5.74) is 1.45. The topological polar surface area (TPSA) is 79.0 Å². The highest BCUT2D eigenvalue weighted by Crippen LogP contribution is 2.41. The molecule has 3 aliphatic heterocycles. The smallest absolute Gasteiger partial charge is 0.325 e. The molecule has 7 nitrogen and oxygen atoms in total. The first-order valence-corrected chi connectivity index (χ1v) is 9.85. The molecule has 1 atom stereocenters. The minimum Gasteiger partial charge on any atom is -0.493 e. The lowest BCUT2D eigenvalue weighted by Gasteiger charge is -2.33. The molecule has 1 saturated heterocycles. The number of fused-ring (bicyclic) bond motifs is 3. The van der Waals surface area contributed by atoms with Crippen molar-refractivity contribution >= 4 is 23.5 Å². The maximum atomic E-state index is 13.3. The van der Waals surface area contributed by atoms with E-state index in [4.69, 9.17) is 4.74 Å². The van der Waals surface area contributed by atoms with E-state index >= 15 is 0 Å². The lowest BCUT2D eigenvalue weighted by atomic mass is 9.84. The normalized spacial score (nSPS) is 22.8. The molecule has 1 fully saturated rings. The molecule has 0 aromatic heterocycles. The highest BCUT2D eigenvalue weighted by Gasteiger charge is 2.55. The molecule has 1 N–H and O–H groups in total. The number of hydrogen-bond acceptors (Lipinski definition) is 4. The lowest BCUT2D eigenvalue weighted by molar-refractivity contribution is -0.135. The summed E-state index contributed by atoms with van der Waals surface area (Å²) in [5, 5.41) is 2.84. The number of hydrogen-bond donors (Lipinski definition) is 1. The average molecular weight is 391 g/mol. The van der Waals surface area contributed by atoms with Crippen molar-refractivity contribution in [3.05, 3.63) is 59.7 Å². The third-order valence-corrected chi connectivity index (χ3v) is 5.96. The molecule has 2 aromatic carbocycles. The van der Waals surface area contributed by atoms with Crippen LogP contribution in [0, 0.1) is 0 Å². The van der Waals surface area contributed by atoms with Gasteiger partial charge in [-0.1, -0.05) is 36.4 Å². The van der Waals surface area contributed by atoms with Crippen LogP contribution in [0.2, 0.25) is 0 Å². The van der Waals surface area contributed by atoms with Crippen molar-refractivity contribution in [3.63, 3.8) is 0 Å². The van der Waals surface area contributed by atoms with Crippen LogP contribution in [-0.2, 0) is 21.5 Å². The molecule has 5 rings (SSSR count). The number of imide groups is 1. The first-order valence-electron chi connectivity index (χ1n) is 9.85. The van der Waals surface area contributed by atoms with Crippen molar-refractivity contribution in [3.8, 4) is 5.75 Å². The highest BCUT2D eigenvalue weighted by atomic mass is 16.5. The molecule has 0 saturated carbocycles. The number of carbonyl (C=O) groups excluding carboxylic acids is 3. The number of carbonyl (C=O) groups is 3. The molecule has 2 aromatic rings. The molecule has 0 aliphatic carbocycles. The monoisotopic (exact) mass is 391 g/mol. The van der Waals surface area contributed by atoms with Crippen LogP contribution in [0.4, 0.5) is 10.5 Å². The summed E-state index contributed by atoms with van der Waals surface area (Å²) < 4.78 is 5.65. The number of nitrogens with one attached hydrogen (secondary N) is 1. The van der Waals surface area contributed by atoms with Gasteiger partial charge in [-0.2, -0.15) is 0 Å². The Morgan fingerprint density at radius 1 is 1.10 bits per heavy atom. The largest absolute Gasteiger partial charge is 0.493 e. The van der Waals surface area contributed by atoms with E-state index in [0.29, 0.717) is 30.9 Å². The van der Waals surface area contributed by atoms with Crippen molar-refractivity contribution in [1.29, 1.82) is 0 Å². The second-order valence-electron chi connectivity index (χ2n) is 7.60. The Balaban J connectivity index is 1.42. The van der Waals surface area contributed by atoms with E-state index in [1.165, 1.54) is 0 Å². The molecule has 29 heavy (non-hydrogen) atoms. The quantitative estimate of drug-likeness (QED) is 0.796. The summed E-state index contributed by atoms with van der Waals surface area (Å²) in [6.45, 7) is 0.634. The fraction of sp³-hybridized carbons (Fsp3) is 0.318. The van der Waals surface area contributed by atoms with Crippen LogP contribution < -0.4 is 15.0 Å². The van der Waals surface area contributed by atoms with Crippen LogP contribution >= 0.6 is 0 Å². The molecule has 148 valence electrons. The van der Waals surface area contributed by atoms with E-state index < -0.39 is 17.5 Å². The van der Waals surface area contributed by atoms with Crippen LogP contribution in [0.15, 0.2) is 48.5 Å². The van der Waals surface area contributed by atoms with Gasteiger partial charge in [-0.05, 0) is 30.5 Å². The molecule has 1 unspecified atom stereocenters. The number of para-hydroxylation sites is 2. The predicted octanol–water partition coefficient (Wildman–Crippen LogP) is 2.20. The summed E-state index contributed by atoms with van der Waals surface area (Å²) in [6.07, 6.45) is 2.12. The van der Waals surface area contributed by atoms with Crippen LogP contribution in [0.3, 0.4) is 0 Å². The van der Waals surface area contributed by atoms with Gasteiger partial charge in [-0.15, -0.1) is 0 Å². The fourth-order valence-electron chi connectivity index (χ4n) is 4.53. The van der Waals surface area contributed by atoms with Gasteiger partial charge in [-0.25, -0.2) is 4.79 Å². The van der Waals surface area contributed by atoms with Crippen LogP contribution in [0.25, 0.3) is 0 Å². The first kappa shape index (κ1) is 17.7. The van der Waals surface area contributed by atoms with Gasteiger partial charge in [0, 0.05) is 24.2 Å². The zero-order chi connectivity index (χ0) is 20.0. The van der Waals surface area contributed by atoms with Crippen molar-refractivity contribution in [2.45, 2.75) is 24.8 Å². The van der Waals surface area contributed by atoms with Crippen molar-refractivity contribution in [2.75, 3.05) is 24.6 Å². The number of ether oxygens (including phenoxy) is 1. The highest BCUT2D eigenvalue weighted by molar-refractivity contribution is 6.11. The Labute approximate surface area is 168 Å². The minimum absolute atomic E-state index is 0.252. The second-order valence-corrected chi connectivity index (χ2v) is 7.60. The number of aryl methyl sites for hydroxylation is 1. The Bertz CT molecular complexity index is 1020. The number of benzene rings is 2. The van der Waals surface area contributed by atoms with Crippen LogP contribution in [0.5, 0.6) is 5.75 Å². The van der Waals surface area contributed by atoms with Crippen LogP contribution in [-0.4, -0.2) is 42.4 Å². The summed E-state index contributed by atoms with van der Waals surface area (Å²) in [7, 11) is 0. The van der Waals surface area contributed by atoms with Crippen molar-refractivity contribution in [2.24, 2.45) is 0 Å². The van der Waals surface area contributed by atoms with Crippen molar-refractivity contribution in [1.82, 2.24) is 10.2 Å². The number of urea groups is 1. The molecular formula is C22H21N3O4. The second kappa shape index (κ2) is 6.62. The Kier molecular flexibility index (Phi) is 4.04. The van der Waals surface area contributed by atoms with Gasteiger partial charge in [0.25, 0.3) is 5.91 Å². The van der Waals surface area contributed by atoms with Gasteiger partial charge in [0.2, 0.25) is 5.91 Å². The average Bonchev–Trinajstić information content (AvgIpc) is 2.98. The molecule has 1 spiro atoms. The molecular weight excluding hydrogens is 370 g/mol. The van der Waals surface area contributed by atoms with E-state index in [-0.39, 0.29) is 12.5 Å². The standard InChI is InChI=1S/C22H21N3O4/c26-19(24-12-5-7-15-6-1-3-9-17(15)24)14-25-20(27)22(23-21(25)28)11-13-29-18-10-4-2-8-16(18)22/h1-4,6,8-10H,5,7,11-14H2,(H,23,28). The first-order chi connectivity index (χ1) is 14.1. The van der Waals surface area contributed by atoms with E-state index in [1.807, 2.05) is 36.4 Å². The fourth-order valence-corrected chi connectivity index (χ4v) is 4.53. The molecule has 4 amide bonds. The zero-order valence-corrected chi connectivity index (χ0v) is 15.9. The third-order valence-electron chi connectivity index (χ3n) is 5.96. The SMILES string of the molecule is O=C1NC2(CCOc3ccccc32)C(=O)N1CC(=O)N1CCCc2ccccc21. The summed E-state index contributed by atoms with van der Waals surface area (Å²) >= 11 is 0. The molecule has 3 heterocycles. The lowest BCUT2D eigenvalue weighted by Crippen LogP contribution is -2.48. The van der Waals surface area contributed by atoms with Gasteiger partial charge < -0.3 is 15.0 Å². The Hall–Kier alpha value is -3.35. The molecule has 0 radical (unpaired) electrons. The maximum Gasteiger partial charge on any atom is 0.325 e. The van der Waals surface area contributed by atoms with Crippen molar-refractivity contribution < 1.29 is 19.1 Å². The number of anilines is 1. The Morgan fingerprint density at radius 2 is 1.90 bits per heavy atom. The summed E-state index contributed by atoms with van der Waals surface area (Å²) in [5.74, 6) is -0.0551. The summed E-state index contributed by atoms with van der Waals surface area (Å²) in [4.78, 5) is 41.8. The van der Waals surface area contributed by atoms with Crippen LogP contribution in [0.1, 0.15) is 24.0 Å². The van der Waals surface area contributed by atoms with Gasteiger partial charge in [0.15, 0.2) is 5.54 Å². The van der Waals surface area contributed by atoms with E-state index in [0.717, 1.165) is 29.0 Å². The third kappa shape index (κ3) is 2.68. The van der Waals surface area contributed by atoms with Gasteiger partial charge in [0.05, 0.1) is 6.61 Å². The molecule has 7 heteroatoms. The zero-order valence-electron chi connectivity index (χ0n) is 15.9. The predicted molar refractivity (Wildman–Crippen MR) is 106 cm³/mol. The van der Waals surface area contributed by atoms with E-state index in [2.05, 4.69) is 5.32 Å². The Morgan fingerprint density at radius 3 is 2.79 bits per heavy atom. The van der Waals surface area contributed by atoms with Gasteiger partial charge in [-0.3, -0.25) is 14.5 Å². The van der Waals surface area contributed by atoms with E-state index in [9.17, 15) is 14.4 Å². The minimum atomic E-state index is -1.16. The number of nitrogens with zero attached hydrogens (tertiary/aromatic N) is 2. The van der Waals surface area contributed by atoms with Gasteiger partial charge >= 0.3 is 6.03 Å². The molecule has 0 bridgehead atoms. The van der Waals surface area contributed by atoms with E-state index in [1.54, 1.807) is 17.0 Å². The number of rotatable bonds is 2. The maximum absolute atomic E-state index is 13.3.